The Bertz CT molecular complexity index is 1360. The van der Waals surface area contributed by atoms with E-state index in [-0.39, 0.29) is 34.6 Å². The molecule has 2 amide bonds. The fraction of sp³-hybridized carbons (Fsp3) is 0.280. The molecule has 0 saturated heterocycles. The number of aliphatic hydroxyl groups excluding tert-OH is 1. The minimum Gasteiger partial charge on any atom is -0.507 e. The van der Waals surface area contributed by atoms with Crippen LogP contribution < -0.4 is 15.0 Å². The number of aromatic hydroxyl groups is 2. The summed E-state index contributed by atoms with van der Waals surface area (Å²) in [6, 6.07) is 4.47. The number of esters is 1. The third-order valence-corrected chi connectivity index (χ3v) is 6.15. The largest absolute Gasteiger partial charge is 0.507 e. The van der Waals surface area contributed by atoms with Gasteiger partial charge in [-0.3, -0.25) is 24.5 Å². The van der Waals surface area contributed by atoms with E-state index in [0.29, 0.717) is 17.5 Å². The number of carbonyl (C=O) groups is 4. The van der Waals surface area contributed by atoms with Crippen LogP contribution in [0.4, 0.5) is 5.69 Å². The van der Waals surface area contributed by atoms with Gasteiger partial charge < -0.3 is 25.0 Å². The van der Waals surface area contributed by atoms with Gasteiger partial charge in [0.1, 0.15) is 28.6 Å². The van der Waals surface area contributed by atoms with Gasteiger partial charge in [-0.15, -0.1) is 0 Å². The van der Waals surface area contributed by atoms with Crippen LogP contribution in [0, 0.1) is 5.92 Å². The zero-order chi connectivity index (χ0) is 25.8. The normalized spacial score (nSPS) is 16.1. The van der Waals surface area contributed by atoms with Crippen LogP contribution in [0.3, 0.4) is 0 Å². The average molecular weight is 480 g/mol. The van der Waals surface area contributed by atoms with Gasteiger partial charge in [-0.25, -0.2) is 0 Å². The maximum Gasteiger partial charge on any atom is 0.308 e. The number of ketones is 1. The van der Waals surface area contributed by atoms with Crippen LogP contribution in [0.1, 0.15) is 51.3 Å². The van der Waals surface area contributed by atoms with E-state index in [1.807, 2.05) is 24.3 Å². The minimum absolute atomic E-state index is 0.00432. The van der Waals surface area contributed by atoms with Crippen LogP contribution in [-0.2, 0) is 22.4 Å². The van der Waals surface area contributed by atoms with Gasteiger partial charge in [0.25, 0.3) is 5.91 Å². The minimum atomic E-state index is -1.05. The van der Waals surface area contributed by atoms with E-state index in [2.05, 4.69) is 0 Å². The number of hydrogen-bond donors (Lipinski definition) is 4. The Morgan fingerprint density at radius 1 is 1.06 bits per heavy atom. The summed E-state index contributed by atoms with van der Waals surface area (Å²) in [6.07, 6.45) is 0.497. The van der Waals surface area contributed by atoms with E-state index in [4.69, 9.17) is 4.74 Å². The van der Waals surface area contributed by atoms with E-state index in [1.165, 1.54) is 12.1 Å². The van der Waals surface area contributed by atoms with Gasteiger partial charge in [0, 0.05) is 39.2 Å². The molecular formula is C25H24N2O8. The summed E-state index contributed by atoms with van der Waals surface area (Å²) in [4.78, 5) is 51.1. The summed E-state index contributed by atoms with van der Waals surface area (Å²) in [5.41, 5.74) is 1.11. The highest BCUT2D eigenvalue weighted by atomic mass is 16.5. The number of phenolic OH excluding ortho intramolecular Hbond substituents is 2. The summed E-state index contributed by atoms with van der Waals surface area (Å²) in [6.45, 7) is 2.20. The van der Waals surface area contributed by atoms with Crippen molar-refractivity contribution < 1.29 is 39.2 Å². The molecule has 0 aromatic heterocycles. The van der Waals surface area contributed by atoms with E-state index in [1.54, 1.807) is 6.07 Å². The predicted molar refractivity (Wildman–Crippen MR) is 125 cm³/mol. The van der Waals surface area contributed by atoms with Crippen LogP contribution >= 0.6 is 0 Å². The first-order chi connectivity index (χ1) is 16.4. The maximum atomic E-state index is 13.6. The van der Waals surface area contributed by atoms with Crippen LogP contribution in [-0.4, -0.2) is 53.0 Å². The Morgan fingerprint density at radius 2 is 1.74 bits per heavy atom. The number of benzene rings is 2. The maximum absolute atomic E-state index is 13.6. The van der Waals surface area contributed by atoms with Crippen LogP contribution in [0.25, 0.3) is 5.76 Å². The smallest absolute Gasteiger partial charge is 0.308 e. The molecule has 0 spiro atoms. The number of Topliss-reactive ketones (excluding diaryl/α,β-unsaturated/α-hetero) is 1. The molecular weight excluding hydrogens is 456 g/mol. The Balaban J connectivity index is 1.94. The number of amides is 2. The molecule has 1 unspecified atom stereocenters. The van der Waals surface area contributed by atoms with E-state index >= 15 is 0 Å². The van der Waals surface area contributed by atoms with Gasteiger partial charge in [0.05, 0.1) is 11.1 Å². The summed E-state index contributed by atoms with van der Waals surface area (Å²) < 4.78 is 5.13. The van der Waals surface area contributed by atoms with E-state index < -0.39 is 46.6 Å². The Kier molecular flexibility index (Phi) is 5.75. The Morgan fingerprint density at radius 3 is 2.34 bits per heavy atom. The second-order valence-corrected chi connectivity index (χ2v) is 8.78. The molecule has 0 saturated carbocycles. The van der Waals surface area contributed by atoms with Gasteiger partial charge in [-0.05, 0) is 48.1 Å². The molecule has 10 nitrogen and oxygen atoms in total. The first-order valence-corrected chi connectivity index (χ1v) is 10.8. The van der Waals surface area contributed by atoms with Crippen molar-refractivity contribution in [2.24, 2.45) is 5.92 Å². The molecule has 0 heterocycles. The third kappa shape index (κ3) is 3.86. The number of aliphatic hydroxyl groups is 1. The summed E-state index contributed by atoms with van der Waals surface area (Å²) in [5, 5.41) is 34.6. The number of anilines is 1. The first-order valence-electron chi connectivity index (χ1n) is 10.8. The highest BCUT2D eigenvalue weighted by Crippen LogP contribution is 2.49. The lowest BCUT2D eigenvalue weighted by atomic mass is 9.70. The topological polar surface area (TPSA) is 153 Å². The number of hydrogen-bond acceptors (Lipinski definition) is 9. The number of phenols is 2. The fourth-order valence-electron chi connectivity index (χ4n) is 4.85. The molecule has 1 atom stereocenters. The number of imide groups is 1. The van der Waals surface area contributed by atoms with Crippen molar-refractivity contribution in [3.8, 4) is 17.2 Å². The van der Waals surface area contributed by atoms with Gasteiger partial charge >= 0.3 is 5.97 Å². The molecule has 182 valence electrons. The highest BCUT2D eigenvalue weighted by molar-refractivity contribution is 6.19. The Hall–Kier alpha value is -4.34. The molecule has 4 rings (SSSR count). The lowest BCUT2D eigenvalue weighted by Crippen LogP contribution is -2.32. The second-order valence-electron chi connectivity index (χ2n) is 8.78. The Labute approximate surface area is 200 Å². The number of allylic oxidation sites excluding steroid dienone is 1. The molecule has 4 N–H and O–H groups in total. The molecule has 10 heteroatoms. The van der Waals surface area contributed by atoms with Crippen molar-refractivity contribution in [2.75, 3.05) is 19.0 Å². The molecule has 2 aliphatic carbocycles. The zero-order valence-electron chi connectivity index (χ0n) is 19.6. The average Bonchev–Trinajstić information content (AvgIpc) is 2.72. The SMILES string of the molecule is CC(=O)NC(=O)c1c(OC(C)=O)cc2c(c1O)C(=O)C1=C(O)c3c(O)ccc(N(C)C)c3CC1C2. The zero-order valence-corrected chi connectivity index (χ0v) is 19.6. The molecule has 0 bridgehead atoms. The molecule has 0 radical (unpaired) electrons. The molecule has 2 aliphatic rings. The standard InChI is InChI=1S/C25H24N2O8/c1-10(28)26-25(34)21-17(35-11(2)29)9-13-7-12-8-14-15(27(3)4)5-6-16(30)20(14)23(32)18(12)22(31)19(13)24(21)33/h5-6,9,12,30,32-33H,7-8H2,1-4H3,(H,26,28,34). The van der Waals surface area contributed by atoms with Crippen LogP contribution in [0.15, 0.2) is 23.8 Å². The molecule has 0 aliphatic heterocycles. The molecule has 2 aromatic carbocycles. The molecule has 2 aromatic rings. The van der Waals surface area contributed by atoms with Gasteiger partial charge in [-0.1, -0.05) is 0 Å². The number of rotatable bonds is 3. The number of nitrogens with one attached hydrogen (secondary N) is 1. The second kappa shape index (κ2) is 8.46. The molecule has 35 heavy (non-hydrogen) atoms. The third-order valence-electron chi connectivity index (χ3n) is 6.15. The number of ether oxygens (including phenoxy) is 1. The number of fused-ring (bicyclic) bond motifs is 3. The van der Waals surface area contributed by atoms with Gasteiger partial charge in [0.15, 0.2) is 5.78 Å². The van der Waals surface area contributed by atoms with Crippen molar-refractivity contribution in [1.29, 1.82) is 0 Å². The molecule has 0 fully saturated rings. The van der Waals surface area contributed by atoms with Crippen molar-refractivity contribution in [2.45, 2.75) is 26.7 Å². The summed E-state index contributed by atoms with van der Waals surface area (Å²) in [7, 11) is 3.64. The fourth-order valence-corrected chi connectivity index (χ4v) is 4.85. The number of nitrogens with zero attached hydrogens (tertiary/aromatic N) is 1. The van der Waals surface area contributed by atoms with Crippen molar-refractivity contribution >= 4 is 35.0 Å². The summed E-state index contributed by atoms with van der Waals surface area (Å²) in [5.74, 6) is -5.40. The van der Waals surface area contributed by atoms with Crippen molar-refractivity contribution in [1.82, 2.24) is 5.32 Å². The number of carbonyl (C=O) groups excluding carboxylic acids is 4. The lowest BCUT2D eigenvalue weighted by molar-refractivity contribution is -0.131. The lowest BCUT2D eigenvalue weighted by Gasteiger charge is -2.34. The van der Waals surface area contributed by atoms with Crippen molar-refractivity contribution in [3.05, 3.63) is 51.6 Å². The highest BCUT2D eigenvalue weighted by Gasteiger charge is 2.42. The van der Waals surface area contributed by atoms with E-state index in [0.717, 1.165) is 19.5 Å². The van der Waals surface area contributed by atoms with Crippen molar-refractivity contribution in [3.63, 3.8) is 0 Å². The first kappa shape index (κ1) is 23.8. The van der Waals surface area contributed by atoms with Gasteiger partial charge in [-0.2, -0.15) is 0 Å². The van der Waals surface area contributed by atoms with E-state index in [9.17, 15) is 34.5 Å². The predicted octanol–water partition coefficient (Wildman–Crippen LogP) is 2.25. The monoisotopic (exact) mass is 480 g/mol. The van der Waals surface area contributed by atoms with Crippen LogP contribution in [0.5, 0.6) is 17.2 Å². The van der Waals surface area contributed by atoms with Crippen LogP contribution in [0.2, 0.25) is 0 Å². The quantitative estimate of drug-likeness (QED) is 0.383. The van der Waals surface area contributed by atoms with Gasteiger partial charge in [0.2, 0.25) is 5.91 Å². The summed E-state index contributed by atoms with van der Waals surface area (Å²) >= 11 is 0.